The van der Waals surface area contributed by atoms with Gasteiger partial charge in [0.2, 0.25) is 0 Å². The van der Waals surface area contributed by atoms with Gasteiger partial charge in [0.05, 0.1) is 27.7 Å². The van der Waals surface area contributed by atoms with Crippen LogP contribution in [0.4, 0.5) is 5.69 Å². The highest BCUT2D eigenvalue weighted by Gasteiger charge is 2.25. The van der Waals surface area contributed by atoms with E-state index in [0.717, 1.165) is 5.69 Å². The molecule has 0 atom stereocenters. The zero-order valence-corrected chi connectivity index (χ0v) is 15.6. The lowest BCUT2D eigenvalue weighted by molar-refractivity contribution is 0.0715. The summed E-state index contributed by atoms with van der Waals surface area (Å²) in [5, 5.41) is 9.93. The minimum Gasteiger partial charge on any atom is -0.451 e. The summed E-state index contributed by atoms with van der Waals surface area (Å²) < 4.78 is 5.66. The molecular formula is C21H16ClN3O3. The highest BCUT2D eigenvalue weighted by Crippen LogP contribution is 2.28. The number of piperazine rings is 1. The fourth-order valence-corrected chi connectivity index (χ4v) is 3.65. The second kappa shape index (κ2) is 7.37. The van der Waals surface area contributed by atoms with Crippen LogP contribution in [0.15, 0.2) is 57.7 Å². The molecule has 2 heterocycles. The minimum absolute atomic E-state index is 0.0496. The van der Waals surface area contributed by atoms with Gasteiger partial charge in [0.1, 0.15) is 5.58 Å². The van der Waals surface area contributed by atoms with Gasteiger partial charge in [0.25, 0.3) is 5.91 Å². The highest BCUT2D eigenvalue weighted by molar-refractivity contribution is 6.33. The van der Waals surface area contributed by atoms with E-state index in [9.17, 15) is 9.59 Å². The molecule has 0 saturated carbocycles. The maximum Gasteiger partial charge on any atom is 0.289 e. The average Bonchev–Trinajstić information content (AvgIpc) is 2.73. The van der Waals surface area contributed by atoms with Crippen molar-refractivity contribution >= 4 is 34.2 Å². The first-order valence-electron chi connectivity index (χ1n) is 8.83. The van der Waals surface area contributed by atoms with Crippen LogP contribution >= 0.6 is 11.6 Å². The lowest BCUT2D eigenvalue weighted by Gasteiger charge is -2.36. The van der Waals surface area contributed by atoms with Crippen molar-refractivity contribution < 1.29 is 9.21 Å². The molecule has 0 spiro atoms. The number of amides is 1. The molecule has 28 heavy (non-hydrogen) atoms. The number of hydrogen-bond acceptors (Lipinski definition) is 5. The van der Waals surface area contributed by atoms with E-state index in [-0.39, 0.29) is 17.1 Å². The lowest BCUT2D eigenvalue weighted by Crippen LogP contribution is -2.49. The summed E-state index contributed by atoms with van der Waals surface area (Å²) in [6.07, 6.45) is 0. The third kappa shape index (κ3) is 3.32. The van der Waals surface area contributed by atoms with Gasteiger partial charge in [-0.25, -0.2) is 0 Å². The van der Waals surface area contributed by atoms with Gasteiger partial charge in [0.15, 0.2) is 11.2 Å². The summed E-state index contributed by atoms with van der Waals surface area (Å²) >= 11 is 6.29. The van der Waals surface area contributed by atoms with Crippen molar-refractivity contribution in [2.75, 3.05) is 31.1 Å². The minimum atomic E-state index is -0.298. The Balaban J connectivity index is 1.50. The van der Waals surface area contributed by atoms with Gasteiger partial charge in [-0.15, -0.1) is 0 Å². The number of fused-ring (bicyclic) bond motifs is 1. The molecular weight excluding hydrogens is 378 g/mol. The van der Waals surface area contributed by atoms with E-state index in [1.807, 2.05) is 6.07 Å². The van der Waals surface area contributed by atoms with Crippen LogP contribution < -0.4 is 10.3 Å². The molecule has 0 bridgehead atoms. The van der Waals surface area contributed by atoms with Crippen molar-refractivity contribution in [3.8, 4) is 6.07 Å². The first kappa shape index (κ1) is 18.1. The normalized spacial score (nSPS) is 14.1. The zero-order valence-electron chi connectivity index (χ0n) is 14.9. The maximum atomic E-state index is 12.8. The zero-order chi connectivity index (χ0) is 19.7. The lowest BCUT2D eigenvalue weighted by atomic mass is 10.2. The predicted octanol–water partition coefficient (Wildman–Crippen LogP) is 3.28. The van der Waals surface area contributed by atoms with Crippen molar-refractivity contribution in [2.45, 2.75) is 0 Å². The van der Waals surface area contributed by atoms with E-state index in [0.29, 0.717) is 47.7 Å². The van der Waals surface area contributed by atoms with Gasteiger partial charge in [0, 0.05) is 32.2 Å². The standard InChI is InChI=1S/C21H16ClN3O3/c22-16-11-14(13-23)5-6-17(16)24-7-9-25(10-8-24)21(27)20-12-18(26)15-3-1-2-4-19(15)28-20/h1-6,11-12H,7-10H2. The van der Waals surface area contributed by atoms with Crippen molar-refractivity contribution in [1.29, 1.82) is 5.26 Å². The third-order valence-electron chi connectivity index (χ3n) is 4.83. The van der Waals surface area contributed by atoms with Crippen LogP contribution in [0, 0.1) is 11.3 Å². The average molecular weight is 394 g/mol. The molecule has 0 radical (unpaired) electrons. The molecule has 1 aliphatic heterocycles. The summed E-state index contributed by atoms with van der Waals surface area (Å²) in [6.45, 7) is 2.14. The predicted molar refractivity (Wildman–Crippen MR) is 107 cm³/mol. The molecule has 1 saturated heterocycles. The molecule has 1 fully saturated rings. The van der Waals surface area contributed by atoms with Crippen LogP contribution in [0.25, 0.3) is 11.0 Å². The van der Waals surface area contributed by atoms with E-state index >= 15 is 0 Å². The number of benzene rings is 2. The van der Waals surface area contributed by atoms with Gasteiger partial charge < -0.3 is 14.2 Å². The number of rotatable bonds is 2. The van der Waals surface area contributed by atoms with Crippen molar-refractivity contribution in [1.82, 2.24) is 4.90 Å². The van der Waals surface area contributed by atoms with Crippen LogP contribution in [-0.4, -0.2) is 37.0 Å². The second-order valence-corrected chi connectivity index (χ2v) is 6.94. The Bertz CT molecular complexity index is 1160. The number of carbonyl (C=O) groups excluding carboxylic acids is 1. The Morgan fingerprint density at radius 1 is 1.07 bits per heavy atom. The molecule has 0 unspecified atom stereocenters. The number of anilines is 1. The quantitative estimate of drug-likeness (QED) is 0.667. The molecule has 1 aliphatic rings. The first-order chi connectivity index (χ1) is 13.6. The first-order valence-corrected chi connectivity index (χ1v) is 9.21. The molecule has 3 aromatic rings. The molecule has 7 heteroatoms. The number of para-hydroxylation sites is 1. The van der Waals surface area contributed by atoms with Gasteiger partial charge in [-0.2, -0.15) is 5.26 Å². The van der Waals surface area contributed by atoms with Crippen molar-refractivity contribution in [3.63, 3.8) is 0 Å². The molecule has 4 rings (SSSR count). The largest absolute Gasteiger partial charge is 0.451 e. The van der Waals surface area contributed by atoms with Crippen molar-refractivity contribution in [2.24, 2.45) is 0 Å². The fraction of sp³-hybridized carbons (Fsp3) is 0.190. The SMILES string of the molecule is N#Cc1ccc(N2CCN(C(=O)c3cc(=O)c4ccccc4o3)CC2)c(Cl)c1. The van der Waals surface area contributed by atoms with Crippen LogP contribution in [0.5, 0.6) is 0 Å². The molecule has 1 amide bonds. The topological polar surface area (TPSA) is 77.5 Å². The Morgan fingerprint density at radius 3 is 2.54 bits per heavy atom. The molecule has 0 N–H and O–H groups in total. The molecule has 6 nitrogen and oxygen atoms in total. The van der Waals surface area contributed by atoms with Gasteiger partial charge >= 0.3 is 0 Å². The van der Waals surface area contributed by atoms with Crippen molar-refractivity contribution in [3.05, 3.63) is 75.1 Å². The Morgan fingerprint density at radius 2 is 1.82 bits per heavy atom. The monoisotopic (exact) mass is 393 g/mol. The fourth-order valence-electron chi connectivity index (χ4n) is 3.35. The van der Waals surface area contributed by atoms with E-state index < -0.39 is 0 Å². The second-order valence-electron chi connectivity index (χ2n) is 6.53. The molecule has 2 aromatic carbocycles. The van der Waals surface area contributed by atoms with E-state index in [2.05, 4.69) is 11.0 Å². The number of nitriles is 1. The van der Waals surface area contributed by atoms with E-state index in [4.69, 9.17) is 21.3 Å². The number of halogens is 1. The Kier molecular flexibility index (Phi) is 4.76. The number of carbonyl (C=O) groups is 1. The van der Waals surface area contributed by atoms with Crippen LogP contribution in [0.2, 0.25) is 5.02 Å². The molecule has 140 valence electrons. The molecule has 1 aromatic heterocycles. The van der Waals surface area contributed by atoms with Crippen LogP contribution in [0.3, 0.4) is 0 Å². The summed E-state index contributed by atoms with van der Waals surface area (Å²) in [5.74, 6) is -0.248. The summed E-state index contributed by atoms with van der Waals surface area (Å²) in [7, 11) is 0. The summed E-state index contributed by atoms with van der Waals surface area (Å²) in [5.41, 5.74) is 1.52. The number of hydrogen-bond donors (Lipinski definition) is 0. The van der Waals surface area contributed by atoms with Gasteiger partial charge in [-0.05, 0) is 30.3 Å². The Labute approximate surface area is 166 Å². The Hall–Kier alpha value is -3.30. The summed E-state index contributed by atoms with van der Waals surface area (Å²) in [4.78, 5) is 28.8. The summed E-state index contributed by atoms with van der Waals surface area (Å²) in [6, 6.07) is 15.4. The van der Waals surface area contributed by atoms with Gasteiger partial charge in [-0.1, -0.05) is 23.7 Å². The maximum absolute atomic E-state index is 12.8. The van der Waals surface area contributed by atoms with Crippen LogP contribution in [0.1, 0.15) is 16.1 Å². The highest BCUT2D eigenvalue weighted by atomic mass is 35.5. The third-order valence-corrected chi connectivity index (χ3v) is 5.13. The smallest absolute Gasteiger partial charge is 0.289 e. The van der Waals surface area contributed by atoms with Crippen LogP contribution in [-0.2, 0) is 0 Å². The van der Waals surface area contributed by atoms with E-state index in [1.54, 1.807) is 41.3 Å². The molecule has 0 aliphatic carbocycles. The number of nitrogens with zero attached hydrogens (tertiary/aromatic N) is 3. The van der Waals surface area contributed by atoms with Gasteiger partial charge in [-0.3, -0.25) is 9.59 Å². The van der Waals surface area contributed by atoms with E-state index in [1.165, 1.54) is 6.07 Å².